The summed E-state index contributed by atoms with van der Waals surface area (Å²) in [4.78, 5) is 35.9. The Bertz CT molecular complexity index is 1800. The lowest BCUT2D eigenvalue weighted by molar-refractivity contribution is -0.245. The van der Waals surface area contributed by atoms with E-state index in [9.17, 15) is 49.8 Å². The molecule has 10 nitrogen and oxygen atoms in total. The Labute approximate surface area is 268 Å². The standard InChI is InChI=1S/C27H20Cl2F8N6O4/c1-25(46,27(35,36)37)23(45)38-9-11-2-7-15(28)19(18(11)29)41-24-40-16-8-14(22(42-20(16)43-24)47-10-17(30)31)21(44)39-13-5-3-12(4-6-13)26(32,33)34/h2-8,17,46H,9-10H2,1H3,(H,38,45)(H,39,44)(H2,40,41,42,43). The van der Waals surface area contributed by atoms with Gasteiger partial charge in [-0.05, 0) is 48.9 Å². The van der Waals surface area contributed by atoms with Gasteiger partial charge in [0.2, 0.25) is 17.4 Å². The first-order chi connectivity index (χ1) is 21.8. The van der Waals surface area contributed by atoms with Crippen LogP contribution in [0.3, 0.4) is 0 Å². The van der Waals surface area contributed by atoms with Crippen LogP contribution in [0.2, 0.25) is 10.0 Å². The van der Waals surface area contributed by atoms with E-state index in [-0.39, 0.29) is 51.0 Å². The molecular weight excluding hydrogens is 695 g/mol. The predicted molar refractivity (Wildman–Crippen MR) is 153 cm³/mol. The largest absolute Gasteiger partial charge is 0.471 e. The van der Waals surface area contributed by atoms with Crippen molar-refractivity contribution in [2.75, 3.05) is 17.2 Å². The SMILES string of the molecule is CC(O)(C(=O)NCc1ccc(Cl)c(Nc2nc3nc(OCC(F)F)c(C(=O)Nc4ccc(C(F)(F)F)cc4)cc3[nH]2)c1Cl)C(F)(F)F. The first-order valence-electron chi connectivity index (χ1n) is 12.9. The molecule has 0 aliphatic carbocycles. The number of hydrogen-bond donors (Lipinski definition) is 5. The topological polar surface area (TPSA) is 141 Å². The Morgan fingerprint density at radius 3 is 2.28 bits per heavy atom. The van der Waals surface area contributed by atoms with Crippen molar-refractivity contribution in [1.29, 1.82) is 0 Å². The molecule has 0 aliphatic rings. The summed E-state index contributed by atoms with van der Waals surface area (Å²) in [5.74, 6) is -3.42. The Morgan fingerprint density at radius 2 is 1.68 bits per heavy atom. The van der Waals surface area contributed by atoms with E-state index in [1.165, 1.54) is 12.1 Å². The summed E-state index contributed by atoms with van der Waals surface area (Å²) >= 11 is 12.6. The number of pyridine rings is 1. The lowest BCUT2D eigenvalue weighted by atomic mass is 10.1. The maximum Gasteiger partial charge on any atom is 0.426 e. The number of rotatable bonds is 10. The molecule has 252 valence electrons. The first kappa shape index (κ1) is 35.4. The number of carbonyl (C=O) groups excluding carboxylic acids is 2. The summed E-state index contributed by atoms with van der Waals surface area (Å²) in [6.07, 6.45) is -12.8. The number of aromatic amines is 1. The van der Waals surface area contributed by atoms with E-state index in [1.807, 2.05) is 5.32 Å². The number of nitrogens with one attached hydrogen (secondary N) is 4. The van der Waals surface area contributed by atoms with Gasteiger partial charge in [-0.25, -0.2) is 8.78 Å². The minimum Gasteiger partial charge on any atom is -0.471 e. The minimum absolute atomic E-state index is 0.0154. The number of nitrogens with zero attached hydrogens (tertiary/aromatic N) is 2. The van der Waals surface area contributed by atoms with Crippen LogP contribution in [-0.4, -0.2) is 56.7 Å². The lowest BCUT2D eigenvalue weighted by Gasteiger charge is -2.25. The second kappa shape index (κ2) is 13.4. The molecule has 1 unspecified atom stereocenters. The summed E-state index contributed by atoms with van der Waals surface area (Å²) in [5, 5.41) is 16.3. The van der Waals surface area contributed by atoms with E-state index in [0.29, 0.717) is 0 Å². The summed E-state index contributed by atoms with van der Waals surface area (Å²) < 4.78 is 108. The second-order valence-corrected chi connectivity index (χ2v) is 10.6. The van der Waals surface area contributed by atoms with E-state index in [0.717, 1.165) is 30.3 Å². The molecule has 0 radical (unpaired) electrons. The Kier molecular flexibility index (Phi) is 10.1. The molecule has 2 amide bonds. The van der Waals surface area contributed by atoms with Gasteiger partial charge < -0.3 is 30.8 Å². The second-order valence-electron chi connectivity index (χ2n) is 9.80. The number of H-pyrrole nitrogens is 1. The number of benzene rings is 2. The number of imidazole rings is 1. The van der Waals surface area contributed by atoms with Crippen molar-refractivity contribution in [3.63, 3.8) is 0 Å². The number of alkyl halides is 8. The van der Waals surface area contributed by atoms with E-state index in [4.69, 9.17) is 27.9 Å². The predicted octanol–water partition coefficient (Wildman–Crippen LogP) is 6.85. The Hall–Kier alpha value is -4.42. The highest BCUT2D eigenvalue weighted by Crippen LogP contribution is 2.36. The van der Waals surface area contributed by atoms with E-state index in [2.05, 4.69) is 25.6 Å². The van der Waals surface area contributed by atoms with Crippen LogP contribution in [0, 0.1) is 0 Å². The number of aromatic nitrogens is 3. The zero-order valence-corrected chi connectivity index (χ0v) is 24.9. The van der Waals surface area contributed by atoms with Gasteiger partial charge in [-0.3, -0.25) is 9.59 Å². The minimum atomic E-state index is -5.25. The van der Waals surface area contributed by atoms with Gasteiger partial charge in [-0.1, -0.05) is 29.3 Å². The number of fused-ring (bicyclic) bond motifs is 1. The number of hydrogen-bond acceptors (Lipinski definition) is 7. The normalized spacial score (nSPS) is 13.4. The molecule has 0 bridgehead atoms. The van der Waals surface area contributed by atoms with Crippen molar-refractivity contribution in [2.24, 2.45) is 0 Å². The van der Waals surface area contributed by atoms with E-state index in [1.54, 1.807) is 0 Å². The van der Waals surface area contributed by atoms with Crippen LogP contribution in [-0.2, 0) is 17.5 Å². The number of aliphatic hydroxyl groups is 1. The number of anilines is 3. The van der Waals surface area contributed by atoms with Crippen molar-refractivity contribution < 1.29 is 54.6 Å². The summed E-state index contributed by atoms with van der Waals surface area (Å²) in [6, 6.07) is 7.13. The zero-order valence-electron chi connectivity index (χ0n) is 23.4. The summed E-state index contributed by atoms with van der Waals surface area (Å²) in [7, 11) is 0. The van der Waals surface area contributed by atoms with Crippen molar-refractivity contribution in [2.45, 2.75) is 37.8 Å². The third-order valence-electron chi connectivity index (χ3n) is 6.35. The molecule has 0 fully saturated rings. The maximum atomic E-state index is 13.0. The number of halogens is 10. The molecular formula is C27H20Cl2F8N6O4. The van der Waals surface area contributed by atoms with Crippen LogP contribution in [0.4, 0.5) is 52.4 Å². The maximum absolute atomic E-state index is 13.0. The third-order valence-corrected chi connectivity index (χ3v) is 7.09. The number of amides is 2. The molecule has 2 aromatic heterocycles. The van der Waals surface area contributed by atoms with Crippen LogP contribution < -0.4 is 20.7 Å². The molecule has 1 atom stereocenters. The van der Waals surface area contributed by atoms with Crippen LogP contribution in [0.1, 0.15) is 28.4 Å². The van der Waals surface area contributed by atoms with Crippen molar-refractivity contribution in [3.8, 4) is 5.88 Å². The van der Waals surface area contributed by atoms with Gasteiger partial charge >= 0.3 is 12.4 Å². The molecule has 0 saturated heterocycles. The van der Waals surface area contributed by atoms with Crippen molar-refractivity contribution in [3.05, 3.63) is 69.2 Å². The van der Waals surface area contributed by atoms with Crippen molar-refractivity contribution in [1.82, 2.24) is 20.3 Å². The summed E-state index contributed by atoms with van der Waals surface area (Å²) in [5.41, 5.74) is -5.19. The molecule has 2 aromatic carbocycles. The monoisotopic (exact) mass is 714 g/mol. The van der Waals surface area contributed by atoms with Gasteiger partial charge in [0, 0.05) is 12.2 Å². The van der Waals surface area contributed by atoms with Crippen LogP contribution in [0.15, 0.2) is 42.5 Å². The smallest absolute Gasteiger partial charge is 0.426 e. The molecule has 0 aliphatic heterocycles. The third kappa shape index (κ3) is 8.12. The van der Waals surface area contributed by atoms with E-state index < -0.39 is 66.4 Å². The molecule has 0 saturated carbocycles. The molecule has 47 heavy (non-hydrogen) atoms. The molecule has 2 heterocycles. The van der Waals surface area contributed by atoms with Crippen LogP contribution in [0.5, 0.6) is 5.88 Å². The van der Waals surface area contributed by atoms with E-state index >= 15 is 0 Å². The Morgan fingerprint density at radius 1 is 1.02 bits per heavy atom. The van der Waals surface area contributed by atoms with Gasteiger partial charge in [-0.2, -0.15) is 36.3 Å². The quantitative estimate of drug-likeness (QED) is 0.113. The van der Waals surface area contributed by atoms with Crippen LogP contribution >= 0.6 is 23.2 Å². The molecule has 20 heteroatoms. The molecule has 5 N–H and O–H groups in total. The molecule has 4 aromatic rings. The molecule has 0 spiro atoms. The average molecular weight is 715 g/mol. The molecule has 4 rings (SSSR count). The summed E-state index contributed by atoms with van der Waals surface area (Å²) in [6.45, 7) is -1.44. The highest BCUT2D eigenvalue weighted by Gasteiger charge is 2.55. The van der Waals surface area contributed by atoms with Gasteiger partial charge in [0.05, 0.1) is 26.8 Å². The Balaban J connectivity index is 1.60. The number of ether oxygens (including phenoxy) is 1. The van der Waals surface area contributed by atoms with Gasteiger partial charge in [0.25, 0.3) is 18.2 Å². The first-order valence-corrected chi connectivity index (χ1v) is 13.6. The van der Waals surface area contributed by atoms with Crippen LogP contribution in [0.25, 0.3) is 11.2 Å². The van der Waals surface area contributed by atoms with Gasteiger partial charge in [0.15, 0.2) is 12.3 Å². The average Bonchev–Trinajstić information content (AvgIpc) is 3.37. The fraction of sp³-hybridized carbons (Fsp3) is 0.259. The van der Waals surface area contributed by atoms with Crippen molar-refractivity contribution >= 4 is 63.5 Å². The fourth-order valence-corrected chi connectivity index (χ4v) is 4.31. The lowest BCUT2D eigenvalue weighted by Crippen LogP contribution is -2.54. The number of carbonyl (C=O) groups is 2. The fourth-order valence-electron chi connectivity index (χ4n) is 3.78. The highest BCUT2D eigenvalue weighted by atomic mass is 35.5. The zero-order chi connectivity index (χ0) is 34.9. The highest BCUT2D eigenvalue weighted by molar-refractivity contribution is 6.39. The van der Waals surface area contributed by atoms with Gasteiger partial charge in [-0.15, -0.1) is 0 Å². The van der Waals surface area contributed by atoms with Gasteiger partial charge in [0.1, 0.15) is 5.56 Å².